The van der Waals surface area contributed by atoms with E-state index < -0.39 is 9.84 Å². The van der Waals surface area contributed by atoms with Crippen LogP contribution < -0.4 is 5.32 Å². The van der Waals surface area contributed by atoms with Crippen molar-refractivity contribution in [2.45, 2.75) is 11.4 Å². The van der Waals surface area contributed by atoms with Crippen LogP contribution in [0.5, 0.6) is 0 Å². The summed E-state index contributed by atoms with van der Waals surface area (Å²) in [5.74, 6) is 0.585. The molecule has 0 atom stereocenters. The van der Waals surface area contributed by atoms with E-state index in [1.54, 1.807) is 36.5 Å². The molecule has 20 heavy (non-hydrogen) atoms. The Morgan fingerprint density at radius 1 is 1.30 bits per heavy atom. The van der Waals surface area contributed by atoms with Gasteiger partial charge in [0.25, 0.3) is 0 Å². The second-order valence-corrected chi connectivity index (χ2v) is 7.59. The maximum Gasteiger partial charge on any atom is 0.175 e. The van der Waals surface area contributed by atoms with Crippen molar-refractivity contribution >= 4 is 43.2 Å². The van der Waals surface area contributed by atoms with Crippen LogP contribution in [-0.4, -0.2) is 19.7 Å². The number of nitrogens with one attached hydrogen (secondary N) is 1. The Morgan fingerprint density at radius 3 is 2.50 bits per heavy atom. The molecule has 0 amide bonds. The second kappa shape index (κ2) is 6.11. The van der Waals surface area contributed by atoms with Crippen LogP contribution in [0.25, 0.3) is 0 Å². The van der Waals surface area contributed by atoms with Crippen molar-refractivity contribution in [3.8, 4) is 0 Å². The average molecular weight is 376 g/mol. The van der Waals surface area contributed by atoms with Crippen LogP contribution in [0.1, 0.15) is 5.56 Å². The predicted molar refractivity (Wildman–Crippen MR) is 83.8 cm³/mol. The fraction of sp³-hybridized carbons (Fsp3) is 0.154. The van der Waals surface area contributed by atoms with E-state index in [4.69, 9.17) is 11.6 Å². The van der Waals surface area contributed by atoms with Crippen molar-refractivity contribution < 1.29 is 8.42 Å². The smallest absolute Gasteiger partial charge is 0.175 e. The van der Waals surface area contributed by atoms with Gasteiger partial charge in [0.2, 0.25) is 0 Å². The first-order valence-corrected chi connectivity index (χ1v) is 8.76. The third kappa shape index (κ3) is 3.94. The quantitative estimate of drug-likeness (QED) is 0.888. The van der Waals surface area contributed by atoms with Gasteiger partial charge in [-0.05, 0) is 39.7 Å². The number of aromatic nitrogens is 1. The van der Waals surface area contributed by atoms with Crippen LogP contribution in [0.2, 0.25) is 5.02 Å². The molecule has 2 aromatic rings. The van der Waals surface area contributed by atoms with E-state index in [2.05, 4.69) is 26.2 Å². The van der Waals surface area contributed by atoms with Gasteiger partial charge in [-0.3, -0.25) is 0 Å². The van der Waals surface area contributed by atoms with E-state index >= 15 is 0 Å². The van der Waals surface area contributed by atoms with Crippen molar-refractivity contribution in [1.29, 1.82) is 0 Å². The summed E-state index contributed by atoms with van der Waals surface area (Å²) in [6.07, 6.45) is 2.84. The second-order valence-electron chi connectivity index (χ2n) is 4.25. The minimum atomic E-state index is -3.16. The largest absolute Gasteiger partial charge is 0.365 e. The minimum absolute atomic E-state index is 0.307. The molecule has 0 spiro atoms. The van der Waals surface area contributed by atoms with Gasteiger partial charge in [-0.15, -0.1) is 0 Å². The molecule has 0 aliphatic heterocycles. The molecule has 1 heterocycles. The third-order valence-corrected chi connectivity index (χ3v) is 4.47. The summed E-state index contributed by atoms with van der Waals surface area (Å²) in [7, 11) is -3.16. The fourth-order valence-corrected chi connectivity index (χ4v) is 2.91. The maximum atomic E-state index is 11.4. The van der Waals surface area contributed by atoms with Crippen molar-refractivity contribution in [3.05, 3.63) is 51.6 Å². The monoisotopic (exact) mass is 374 g/mol. The Labute approximate surface area is 131 Å². The van der Waals surface area contributed by atoms with E-state index in [0.717, 1.165) is 10.0 Å². The summed E-state index contributed by atoms with van der Waals surface area (Å²) in [5.41, 5.74) is 0.943. The molecular weight excluding hydrogens is 364 g/mol. The van der Waals surface area contributed by atoms with Crippen LogP contribution in [0.15, 0.2) is 45.9 Å². The lowest BCUT2D eigenvalue weighted by atomic mass is 10.2. The third-order valence-electron chi connectivity index (χ3n) is 2.62. The van der Waals surface area contributed by atoms with E-state index in [1.807, 2.05) is 0 Å². The molecule has 0 saturated heterocycles. The van der Waals surface area contributed by atoms with E-state index in [0.29, 0.717) is 22.3 Å². The van der Waals surface area contributed by atoms with Crippen molar-refractivity contribution in [3.63, 3.8) is 0 Å². The van der Waals surface area contributed by atoms with Gasteiger partial charge >= 0.3 is 0 Å². The van der Waals surface area contributed by atoms with Gasteiger partial charge < -0.3 is 5.32 Å². The van der Waals surface area contributed by atoms with Crippen LogP contribution in [0.3, 0.4) is 0 Å². The van der Waals surface area contributed by atoms with Crippen molar-refractivity contribution in [1.82, 2.24) is 4.98 Å². The van der Waals surface area contributed by atoms with Gasteiger partial charge in [-0.2, -0.15) is 0 Å². The summed E-state index contributed by atoms with van der Waals surface area (Å²) in [5, 5.41) is 3.62. The normalized spacial score (nSPS) is 11.3. The molecule has 0 aliphatic rings. The molecule has 4 nitrogen and oxygen atoms in total. The number of hydrogen-bond acceptors (Lipinski definition) is 4. The molecule has 1 aromatic carbocycles. The van der Waals surface area contributed by atoms with Crippen LogP contribution in [-0.2, 0) is 16.4 Å². The number of hydrogen-bond donors (Lipinski definition) is 1. The standard InChI is InChI=1S/C13H12BrClN2O2S/c1-20(18,19)11-4-2-9(3-5-11)7-16-13-12(15)6-10(14)8-17-13/h2-6,8H,7H2,1H3,(H,16,17). The molecule has 106 valence electrons. The van der Waals surface area contributed by atoms with Crippen molar-refractivity contribution in [2.75, 3.05) is 11.6 Å². The molecule has 0 saturated carbocycles. The van der Waals surface area contributed by atoms with E-state index in [9.17, 15) is 8.42 Å². The van der Waals surface area contributed by atoms with E-state index in [-0.39, 0.29) is 0 Å². The molecule has 2 rings (SSSR count). The molecule has 0 bridgehead atoms. The van der Waals surface area contributed by atoms with Gasteiger partial charge in [0.1, 0.15) is 5.82 Å². The van der Waals surface area contributed by atoms with Gasteiger partial charge in [0.15, 0.2) is 9.84 Å². The molecule has 1 N–H and O–H groups in total. The molecular formula is C13H12BrClN2O2S. The number of sulfone groups is 1. The Hall–Kier alpha value is -1.11. The summed E-state index contributed by atoms with van der Waals surface area (Å²) >= 11 is 9.33. The zero-order valence-corrected chi connectivity index (χ0v) is 13.8. The topological polar surface area (TPSA) is 59.1 Å². The first kappa shape index (κ1) is 15.3. The SMILES string of the molecule is CS(=O)(=O)c1ccc(CNc2ncc(Br)cc2Cl)cc1. The number of halogens is 2. The first-order valence-electron chi connectivity index (χ1n) is 5.70. The first-order chi connectivity index (χ1) is 9.36. The summed E-state index contributed by atoms with van der Waals surface area (Å²) < 4.78 is 23.5. The van der Waals surface area contributed by atoms with Gasteiger partial charge in [0.05, 0.1) is 9.92 Å². The van der Waals surface area contributed by atoms with Crippen molar-refractivity contribution in [2.24, 2.45) is 0 Å². The van der Waals surface area contributed by atoms with E-state index in [1.165, 1.54) is 6.26 Å². The molecule has 1 aromatic heterocycles. The predicted octanol–water partition coefficient (Wildman–Crippen LogP) is 3.51. The number of anilines is 1. The lowest BCUT2D eigenvalue weighted by Crippen LogP contribution is -2.03. The number of benzene rings is 1. The van der Waals surface area contributed by atoms with Crippen LogP contribution in [0.4, 0.5) is 5.82 Å². The number of pyridine rings is 1. The molecule has 0 radical (unpaired) electrons. The lowest BCUT2D eigenvalue weighted by Gasteiger charge is -2.08. The Balaban J connectivity index is 2.08. The number of rotatable bonds is 4. The highest BCUT2D eigenvalue weighted by molar-refractivity contribution is 9.10. The highest BCUT2D eigenvalue weighted by atomic mass is 79.9. The van der Waals surface area contributed by atoms with Crippen LogP contribution >= 0.6 is 27.5 Å². The lowest BCUT2D eigenvalue weighted by molar-refractivity contribution is 0.602. The molecule has 0 unspecified atom stereocenters. The summed E-state index contributed by atoms with van der Waals surface area (Å²) in [4.78, 5) is 4.47. The Bertz CT molecular complexity index is 718. The highest BCUT2D eigenvalue weighted by Crippen LogP contribution is 2.23. The molecule has 7 heteroatoms. The summed E-state index contributed by atoms with van der Waals surface area (Å²) in [6.45, 7) is 0.512. The van der Waals surface area contributed by atoms with Gasteiger partial charge in [-0.1, -0.05) is 23.7 Å². The molecule has 0 aliphatic carbocycles. The van der Waals surface area contributed by atoms with Gasteiger partial charge in [-0.25, -0.2) is 13.4 Å². The minimum Gasteiger partial charge on any atom is -0.365 e. The summed E-state index contributed by atoms with van der Waals surface area (Å²) in [6, 6.07) is 8.45. The Morgan fingerprint density at radius 2 is 1.95 bits per heavy atom. The average Bonchev–Trinajstić information content (AvgIpc) is 2.37. The fourth-order valence-electron chi connectivity index (χ4n) is 1.58. The number of nitrogens with zero attached hydrogens (tertiary/aromatic N) is 1. The van der Waals surface area contributed by atoms with Crippen LogP contribution in [0, 0.1) is 0 Å². The Kier molecular flexibility index (Phi) is 4.67. The molecule has 0 fully saturated rings. The maximum absolute atomic E-state index is 11.4. The van der Waals surface area contributed by atoms with Gasteiger partial charge in [0, 0.05) is 23.5 Å². The zero-order chi connectivity index (χ0) is 14.8. The highest BCUT2D eigenvalue weighted by Gasteiger charge is 2.06. The zero-order valence-electron chi connectivity index (χ0n) is 10.6.